The zero-order valence-electron chi connectivity index (χ0n) is 15.3. The van der Waals surface area contributed by atoms with E-state index >= 15 is 0 Å². The number of hydrogen-bond acceptors (Lipinski definition) is 3. The molecule has 0 heterocycles. The Hall–Kier alpha value is -2.79. The molecule has 0 unspecified atom stereocenters. The third-order valence-corrected chi connectivity index (χ3v) is 3.98. The fourth-order valence-corrected chi connectivity index (χ4v) is 2.42. The van der Waals surface area contributed by atoms with E-state index < -0.39 is 5.82 Å². The number of amides is 1. The smallest absolute Gasteiger partial charge is 0.253 e. The summed E-state index contributed by atoms with van der Waals surface area (Å²) in [6, 6.07) is 11.4. The summed E-state index contributed by atoms with van der Waals surface area (Å²) in [4.78, 5) is 12.3. The zero-order chi connectivity index (χ0) is 19.8. The molecule has 3 N–H and O–H groups in total. The van der Waals surface area contributed by atoms with Gasteiger partial charge in [0.1, 0.15) is 17.3 Å². The molecular formula is C21H22ClFN2O2. The van der Waals surface area contributed by atoms with E-state index in [1.807, 2.05) is 25.1 Å². The summed E-state index contributed by atoms with van der Waals surface area (Å²) < 4.78 is 18.8. The van der Waals surface area contributed by atoms with Crippen molar-refractivity contribution in [1.82, 2.24) is 5.32 Å². The van der Waals surface area contributed by atoms with Crippen molar-refractivity contribution in [3.8, 4) is 11.5 Å². The maximum Gasteiger partial charge on any atom is 0.253 e. The highest BCUT2D eigenvalue weighted by molar-refractivity contribution is 6.30. The molecule has 0 atom stereocenters. The lowest BCUT2D eigenvalue weighted by atomic mass is 10.1. The van der Waals surface area contributed by atoms with Crippen molar-refractivity contribution in [2.75, 3.05) is 0 Å². The Morgan fingerprint density at radius 1 is 1.22 bits per heavy atom. The van der Waals surface area contributed by atoms with Gasteiger partial charge in [0.25, 0.3) is 5.91 Å². The van der Waals surface area contributed by atoms with Crippen LogP contribution in [0, 0.1) is 5.82 Å². The van der Waals surface area contributed by atoms with Gasteiger partial charge in [-0.05, 0) is 43.2 Å². The monoisotopic (exact) mass is 388 g/mol. The molecule has 2 aromatic carbocycles. The van der Waals surface area contributed by atoms with Gasteiger partial charge in [0.05, 0.1) is 10.6 Å². The Bertz CT molecular complexity index is 857. The number of nitrogens with one attached hydrogen (secondary N) is 1. The summed E-state index contributed by atoms with van der Waals surface area (Å²) in [5.74, 6) is 0.307. The van der Waals surface area contributed by atoms with E-state index in [0.717, 1.165) is 12.0 Å². The molecule has 1 amide bonds. The van der Waals surface area contributed by atoms with Gasteiger partial charge >= 0.3 is 0 Å². The van der Waals surface area contributed by atoms with Crippen molar-refractivity contribution >= 4 is 17.5 Å². The molecule has 27 heavy (non-hydrogen) atoms. The van der Waals surface area contributed by atoms with Crippen LogP contribution >= 0.6 is 11.6 Å². The maximum absolute atomic E-state index is 13.2. The number of allylic oxidation sites excluding steroid dienone is 2. The molecule has 0 aliphatic rings. The van der Waals surface area contributed by atoms with Crippen molar-refractivity contribution in [2.24, 2.45) is 5.73 Å². The molecule has 0 aliphatic carbocycles. The maximum atomic E-state index is 13.2. The van der Waals surface area contributed by atoms with Crippen LogP contribution in [0.4, 0.5) is 4.39 Å². The van der Waals surface area contributed by atoms with Gasteiger partial charge in [-0.15, -0.1) is 0 Å². The van der Waals surface area contributed by atoms with Gasteiger partial charge in [0.15, 0.2) is 0 Å². The first-order chi connectivity index (χ1) is 12.9. The molecule has 0 spiro atoms. The Kier molecular flexibility index (Phi) is 7.44. The van der Waals surface area contributed by atoms with Gasteiger partial charge in [-0.3, -0.25) is 4.79 Å². The molecule has 0 saturated carbocycles. The minimum absolute atomic E-state index is 0.00279. The summed E-state index contributed by atoms with van der Waals surface area (Å²) in [7, 11) is 0. The van der Waals surface area contributed by atoms with Crippen LogP contribution in [-0.2, 0) is 11.3 Å². The van der Waals surface area contributed by atoms with Gasteiger partial charge in [-0.2, -0.15) is 0 Å². The molecule has 2 aromatic rings. The predicted octanol–water partition coefficient (Wildman–Crippen LogP) is 5.09. The van der Waals surface area contributed by atoms with Gasteiger partial charge in [-0.1, -0.05) is 42.8 Å². The van der Waals surface area contributed by atoms with Crippen LogP contribution in [0.2, 0.25) is 5.02 Å². The molecule has 0 radical (unpaired) electrons. The quantitative estimate of drug-likeness (QED) is 0.513. The van der Waals surface area contributed by atoms with E-state index in [9.17, 15) is 9.18 Å². The standard InChI is InChI=1S/C21H22ClFN2O2/c1-3-4-5-18(14(2)24)21(26)25-13-15-6-8-16(9-7-15)27-17-10-11-20(23)19(22)12-17/h4-12H,3,13,24H2,1-2H3,(H,25,26)/b5-4-,18-14-. The van der Waals surface area contributed by atoms with E-state index in [4.69, 9.17) is 22.1 Å². The fourth-order valence-electron chi connectivity index (χ4n) is 2.25. The molecule has 142 valence electrons. The normalized spacial score (nSPS) is 12.0. The van der Waals surface area contributed by atoms with Crippen LogP contribution in [0.25, 0.3) is 0 Å². The highest BCUT2D eigenvalue weighted by Gasteiger charge is 2.09. The van der Waals surface area contributed by atoms with Crippen LogP contribution in [0.15, 0.2) is 65.9 Å². The van der Waals surface area contributed by atoms with Gasteiger partial charge in [0.2, 0.25) is 0 Å². The van der Waals surface area contributed by atoms with Crippen LogP contribution in [0.3, 0.4) is 0 Å². The lowest BCUT2D eigenvalue weighted by molar-refractivity contribution is -0.117. The van der Waals surface area contributed by atoms with Gasteiger partial charge < -0.3 is 15.8 Å². The highest BCUT2D eigenvalue weighted by Crippen LogP contribution is 2.26. The third kappa shape index (κ3) is 6.15. The minimum atomic E-state index is -0.495. The van der Waals surface area contributed by atoms with E-state index in [1.54, 1.807) is 25.1 Å². The van der Waals surface area contributed by atoms with Crippen LogP contribution in [0.5, 0.6) is 11.5 Å². The second-order valence-corrected chi connectivity index (χ2v) is 6.32. The van der Waals surface area contributed by atoms with E-state index in [0.29, 0.717) is 29.3 Å². The molecule has 0 bridgehead atoms. The topological polar surface area (TPSA) is 64.3 Å². The number of halogens is 2. The lowest BCUT2D eigenvalue weighted by Gasteiger charge is -2.09. The summed E-state index contributed by atoms with van der Waals surface area (Å²) in [5, 5.41) is 2.85. The first-order valence-corrected chi connectivity index (χ1v) is 8.91. The second-order valence-electron chi connectivity index (χ2n) is 5.91. The average molecular weight is 389 g/mol. The third-order valence-electron chi connectivity index (χ3n) is 3.69. The SMILES string of the molecule is CC/C=C\C(C(=O)NCc1ccc(Oc2ccc(F)c(Cl)c2)cc1)=C(/C)N. The number of carbonyl (C=O) groups is 1. The number of benzene rings is 2. The summed E-state index contributed by atoms with van der Waals surface area (Å²) >= 11 is 5.74. The molecule has 6 heteroatoms. The Morgan fingerprint density at radius 3 is 2.48 bits per heavy atom. The van der Waals surface area contributed by atoms with Crippen LogP contribution < -0.4 is 15.8 Å². The second kappa shape index (κ2) is 9.78. The number of ether oxygens (including phenoxy) is 1. The molecule has 2 rings (SSSR count). The van der Waals surface area contributed by atoms with Crippen molar-refractivity contribution < 1.29 is 13.9 Å². The summed E-state index contributed by atoms with van der Waals surface area (Å²) in [6.45, 7) is 4.04. The predicted molar refractivity (Wildman–Crippen MR) is 106 cm³/mol. The van der Waals surface area contributed by atoms with E-state index in [-0.39, 0.29) is 10.9 Å². The number of nitrogens with two attached hydrogens (primary N) is 1. The molecule has 4 nitrogen and oxygen atoms in total. The molecular weight excluding hydrogens is 367 g/mol. The molecule has 0 aromatic heterocycles. The highest BCUT2D eigenvalue weighted by atomic mass is 35.5. The first kappa shape index (κ1) is 20.5. The van der Waals surface area contributed by atoms with Crippen molar-refractivity contribution in [1.29, 1.82) is 0 Å². The molecule has 0 aliphatic heterocycles. The number of hydrogen-bond donors (Lipinski definition) is 2. The summed E-state index contributed by atoms with van der Waals surface area (Å²) in [6.07, 6.45) is 4.44. The van der Waals surface area contributed by atoms with Crippen molar-refractivity contribution in [3.63, 3.8) is 0 Å². The fraction of sp³-hybridized carbons (Fsp3) is 0.190. The van der Waals surface area contributed by atoms with Crippen molar-refractivity contribution in [3.05, 3.63) is 82.3 Å². The van der Waals surface area contributed by atoms with Crippen molar-refractivity contribution in [2.45, 2.75) is 26.8 Å². The molecule has 0 saturated heterocycles. The van der Waals surface area contributed by atoms with Gasteiger partial charge in [-0.25, -0.2) is 4.39 Å². The van der Waals surface area contributed by atoms with Gasteiger partial charge in [0, 0.05) is 18.3 Å². The van der Waals surface area contributed by atoms with E-state index in [2.05, 4.69) is 5.32 Å². The Morgan fingerprint density at radius 2 is 1.89 bits per heavy atom. The number of rotatable bonds is 7. The van der Waals surface area contributed by atoms with Crippen LogP contribution in [-0.4, -0.2) is 5.91 Å². The number of carbonyl (C=O) groups excluding carboxylic acids is 1. The zero-order valence-corrected chi connectivity index (χ0v) is 16.0. The summed E-state index contributed by atoms with van der Waals surface area (Å²) in [5.41, 5.74) is 7.62. The average Bonchev–Trinajstić information content (AvgIpc) is 2.64. The first-order valence-electron chi connectivity index (χ1n) is 8.53. The Balaban J connectivity index is 1.97. The largest absolute Gasteiger partial charge is 0.457 e. The minimum Gasteiger partial charge on any atom is -0.457 e. The molecule has 0 fully saturated rings. The van der Waals surface area contributed by atoms with E-state index in [1.165, 1.54) is 18.2 Å². The van der Waals surface area contributed by atoms with Crippen LogP contribution in [0.1, 0.15) is 25.8 Å². The Labute approximate surface area is 163 Å². The lowest BCUT2D eigenvalue weighted by Crippen LogP contribution is -2.25.